The predicted octanol–water partition coefficient (Wildman–Crippen LogP) is 4.97. The van der Waals surface area contributed by atoms with Gasteiger partial charge in [0.15, 0.2) is 0 Å². The zero-order chi connectivity index (χ0) is 19.2. The largest absolute Gasteiger partial charge is 0.494 e. The van der Waals surface area contributed by atoms with Crippen LogP contribution in [0.1, 0.15) is 23.0 Å². The summed E-state index contributed by atoms with van der Waals surface area (Å²) in [5, 5.41) is 2.76. The SMILES string of the molecule is CCOc1cccc(Oc2ccc(NC(=O)c3ccc(F)nc3C)cc2)c1. The monoisotopic (exact) mass is 366 g/mol. The third-order valence-corrected chi connectivity index (χ3v) is 3.76. The average molecular weight is 366 g/mol. The lowest BCUT2D eigenvalue weighted by Gasteiger charge is -2.10. The molecule has 0 bridgehead atoms. The Kier molecular flexibility index (Phi) is 5.66. The molecule has 6 heteroatoms. The third-order valence-electron chi connectivity index (χ3n) is 3.76. The van der Waals surface area contributed by atoms with Gasteiger partial charge in [0, 0.05) is 11.8 Å². The van der Waals surface area contributed by atoms with Gasteiger partial charge in [0.1, 0.15) is 17.2 Å². The van der Waals surface area contributed by atoms with Crippen LogP contribution >= 0.6 is 0 Å². The van der Waals surface area contributed by atoms with Crippen molar-refractivity contribution in [3.63, 3.8) is 0 Å². The van der Waals surface area contributed by atoms with Gasteiger partial charge in [-0.3, -0.25) is 4.79 Å². The van der Waals surface area contributed by atoms with Gasteiger partial charge in [0.2, 0.25) is 5.95 Å². The zero-order valence-corrected chi connectivity index (χ0v) is 15.0. The summed E-state index contributed by atoms with van der Waals surface area (Å²) in [7, 11) is 0. The maximum atomic E-state index is 13.1. The summed E-state index contributed by atoms with van der Waals surface area (Å²) in [6.07, 6.45) is 0. The summed E-state index contributed by atoms with van der Waals surface area (Å²) in [6.45, 7) is 4.09. The van der Waals surface area contributed by atoms with E-state index in [1.807, 2.05) is 31.2 Å². The Hall–Kier alpha value is -3.41. The number of aryl methyl sites for hydroxylation is 1. The molecule has 0 unspecified atom stereocenters. The molecule has 27 heavy (non-hydrogen) atoms. The topological polar surface area (TPSA) is 60.5 Å². The van der Waals surface area contributed by atoms with E-state index < -0.39 is 5.95 Å². The molecular formula is C21H19FN2O3. The molecule has 0 aliphatic heterocycles. The Morgan fingerprint density at radius 3 is 2.48 bits per heavy atom. The number of hydrogen-bond acceptors (Lipinski definition) is 4. The standard InChI is InChI=1S/C21H19FN2O3/c1-3-26-17-5-4-6-18(13-17)27-16-9-7-15(8-10-16)24-21(25)19-11-12-20(22)23-14(19)2/h4-13H,3H2,1-2H3,(H,24,25). The van der Waals surface area contributed by atoms with Crippen molar-refractivity contribution in [3.8, 4) is 17.2 Å². The van der Waals surface area contributed by atoms with Crippen molar-refractivity contribution in [2.24, 2.45) is 0 Å². The van der Waals surface area contributed by atoms with Gasteiger partial charge in [-0.2, -0.15) is 4.39 Å². The number of carbonyl (C=O) groups is 1. The van der Waals surface area contributed by atoms with Crippen molar-refractivity contribution in [1.29, 1.82) is 0 Å². The van der Waals surface area contributed by atoms with E-state index in [0.29, 0.717) is 35.1 Å². The number of pyridine rings is 1. The van der Waals surface area contributed by atoms with Gasteiger partial charge in [-0.15, -0.1) is 0 Å². The first-order valence-corrected chi connectivity index (χ1v) is 8.50. The number of hydrogen-bond donors (Lipinski definition) is 1. The normalized spacial score (nSPS) is 10.3. The minimum Gasteiger partial charge on any atom is -0.494 e. The highest BCUT2D eigenvalue weighted by molar-refractivity contribution is 6.04. The summed E-state index contributed by atoms with van der Waals surface area (Å²) < 4.78 is 24.3. The Labute approximate surface area is 156 Å². The Morgan fingerprint density at radius 2 is 1.78 bits per heavy atom. The van der Waals surface area contributed by atoms with Gasteiger partial charge in [0.05, 0.1) is 17.9 Å². The number of halogens is 1. The molecule has 138 valence electrons. The van der Waals surface area contributed by atoms with E-state index in [1.54, 1.807) is 31.2 Å². The highest BCUT2D eigenvalue weighted by Crippen LogP contribution is 2.26. The lowest BCUT2D eigenvalue weighted by Crippen LogP contribution is -2.14. The average Bonchev–Trinajstić information content (AvgIpc) is 2.64. The number of benzene rings is 2. The fourth-order valence-electron chi connectivity index (χ4n) is 2.51. The highest BCUT2D eigenvalue weighted by atomic mass is 19.1. The lowest BCUT2D eigenvalue weighted by molar-refractivity contribution is 0.102. The van der Waals surface area contributed by atoms with E-state index in [4.69, 9.17) is 9.47 Å². The minimum absolute atomic E-state index is 0.324. The second-order valence-electron chi connectivity index (χ2n) is 5.76. The van der Waals surface area contributed by atoms with E-state index in [-0.39, 0.29) is 5.91 Å². The molecule has 0 aliphatic carbocycles. The number of aromatic nitrogens is 1. The Balaban J connectivity index is 1.66. The molecule has 0 radical (unpaired) electrons. The minimum atomic E-state index is -0.612. The number of nitrogens with zero attached hydrogens (tertiary/aromatic N) is 1. The lowest BCUT2D eigenvalue weighted by atomic mass is 10.2. The zero-order valence-electron chi connectivity index (χ0n) is 15.0. The summed E-state index contributed by atoms with van der Waals surface area (Å²) in [5.41, 5.74) is 1.25. The van der Waals surface area contributed by atoms with Crippen molar-refractivity contribution in [1.82, 2.24) is 4.98 Å². The molecular weight excluding hydrogens is 347 g/mol. The quantitative estimate of drug-likeness (QED) is 0.626. The fourth-order valence-corrected chi connectivity index (χ4v) is 2.51. The number of rotatable bonds is 6. The predicted molar refractivity (Wildman–Crippen MR) is 101 cm³/mol. The van der Waals surface area contributed by atoms with Crippen LogP contribution in [0.5, 0.6) is 17.2 Å². The van der Waals surface area contributed by atoms with Gasteiger partial charge in [-0.05, 0) is 62.4 Å². The second-order valence-corrected chi connectivity index (χ2v) is 5.76. The molecule has 3 rings (SSSR count). The number of anilines is 1. The molecule has 0 aliphatic rings. The van der Waals surface area contributed by atoms with Crippen molar-refractivity contribution in [3.05, 3.63) is 77.9 Å². The Bertz CT molecular complexity index is 942. The number of ether oxygens (including phenoxy) is 2. The third kappa shape index (κ3) is 4.82. The molecule has 0 saturated heterocycles. The molecule has 0 spiro atoms. The van der Waals surface area contributed by atoms with Crippen LogP contribution in [0.2, 0.25) is 0 Å². The molecule has 0 fully saturated rings. The maximum absolute atomic E-state index is 13.1. The first-order chi connectivity index (χ1) is 13.0. The number of nitrogens with one attached hydrogen (secondary N) is 1. The second kappa shape index (κ2) is 8.31. The molecule has 1 amide bonds. The van der Waals surface area contributed by atoms with E-state index in [2.05, 4.69) is 10.3 Å². The van der Waals surface area contributed by atoms with Crippen LogP contribution in [0.25, 0.3) is 0 Å². The van der Waals surface area contributed by atoms with Crippen molar-refractivity contribution in [2.75, 3.05) is 11.9 Å². The summed E-state index contributed by atoms with van der Waals surface area (Å²) in [6, 6.07) is 16.9. The summed E-state index contributed by atoms with van der Waals surface area (Å²) in [4.78, 5) is 16.0. The molecule has 3 aromatic rings. The molecule has 1 N–H and O–H groups in total. The fraction of sp³-hybridized carbons (Fsp3) is 0.143. The molecule has 1 aromatic heterocycles. The van der Waals surface area contributed by atoms with Crippen LogP contribution in [0.3, 0.4) is 0 Å². The van der Waals surface area contributed by atoms with Gasteiger partial charge < -0.3 is 14.8 Å². The molecule has 0 saturated carbocycles. The van der Waals surface area contributed by atoms with Crippen LogP contribution in [0.15, 0.2) is 60.7 Å². The van der Waals surface area contributed by atoms with Gasteiger partial charge >= 0.3 is 0 Å². The van der Waals surface area contributed by atoms with Crippen LogP contribution in [0, 0.1) is 12.9 Å². The first kappa shape index (κ1) is 18.4. The maximum Gasteiger partial charge on any atom is 0.257 e. The number of carbonyl (C=O) groups excluding carboxylic acids is 1. The molecule has 0 atom stereocenters. The van der Waals surface area contributed by atoms with Crippen LogP contribution in [-0.4, -0.2) is 17.5 Å². The van der Waals surface area contributed by atoms with Gasteiger partial charge in [0.25, 0.3) is 5.91 Å². The summed E-state index contributed by atoms with van der Waals surface area (Å²) in [5.74, 6) is 1.06. The first-order valence-electron chi connectivity index (χ1n) is 8.50. The van der Waals surface area contributed by atoms with E-state index in [9.17, 15) is 9.18 Å². The number of amides is 1. The Morgan fingerprint density at radius 1 is 1.04 bits per heavy atom. The van der Waals surface area contributed by atoms with Crippen molar-refractivity contribution >= 4 is 11.6 Å². The van der Waals surface area contributed by atoms with Gasteiger partial charge in [-0.1, -0.05) is 6.07 Å². The highest BCUT2D eigenvalue weighted by Gasteiger charge is 2.11. The molecule has 1 heterocycles. The molecule has 5 nitrogen and oxygen atoms in total. The summed E-state index contributed by atoms with van der Waals surface area (Å²) >= 11 is 0. The van der Waals surface area contributed by atoms with Crippen molar-refractivity contribution in [2.45, 2.75) is 13.8 Å². The van der Waals surface area contributed by atoms with Crippen molar-refractivity contribution < 1.29 is 18.7 Å². The smallest absolute Gasteiger partial charge is 0.257 e. The van der Waals surface area contributed by atoms with E-state index in [0.717, 1.165) is 11.8 Å². The van der Waals surface area contributed by atoms with Crippen LogP contribution < -0.4 is 14.8 Å². The van der Waals surface area contributed by atoms with Crippen LogP contribution in [-0.2, 0) is 0 Å². The van der Waals surface area contributed by atoms with Gasteiger partial charge in [-0.25, -0.2) is 4.98 Å². The molecule has 2 aromatic carbocycles. The van der Waals surface area contributed by atoms with Crippen LogP contribution in [0.4, 0.5) is 10.1 Å². The van der Waals surface area contributed by atoms with E-state index in [1.165, 1.54) is 6.07 Å². The van der Waals surface area contributed by atoms with E-state index >= 15 is 0 Å².